The van der Waals surface area contributed by atoms with E-state index in [1.165, 1.54) is 5.56 Å². The third-order valence-electron chi connectivity index (χ3n) is 6.59. The van der Waals surface area contributed by atoms with Crippen molar-refractivity contribution in [2.75, 3.05) is 20.6 Å². The van der Waals surface area contributed by atoms with E-state index >= 15 is 0 Å². The van der Waals surface area contributed by atoms with E-state index in [1.54, 1.807) is 0 Å². The van der Waals surface area contributed by atoms with Gasteiger partial charge in [-0.1, -0.05) is 45.0 Å². The van der Waals surface area contributed by atoms with Crippen molar-refractivity contribution in [3.63, 3.8) is 0 Å². The molecule has 31 heavy (non-hydrogen) atoms. The number of benzene rings is 1. The van der Waals surface area contributed by atoms with Crippen LogP contribution in [0.1, 0.15) is 57.6 Å². The van der Waals surface area contributed by atoms with Crippen molar-refractivity contribution in [3.8, 4) is 0 Å². The van der Waals surface area contributed by atoms with Gasteiger partial charge in [-0.25, -0.2) is 4.79 Å². The number of nitrogens with one attached hydrogen (secondary N) is 2. The summed E-state index contributed by atoms with van der Waals surface area (Å²) in [6, 6.07) is 7.57. The van der Waals surface area contributed by atoms with Gasteiger partial charge in [-0.15, -0.1) is 0 Å². The molecule has 1 saturated heterocycles. The summed E-state index contributed by atoms with van der Waals surface area (Å²) in [6.45, 7) is 7.60. The second-order valence-corrected chi connectivity index (χ2v) is 10.4. The maximum atomic E-state index is 13.1. The van der Waals surface area contributed by atoms with Crippen LogP contribution in [-0.2, 0) is 22.7 Å². The van der Waals surface area contributed by atoms with E-state index < -0.39 is 11.6 Å². The molecule has 0 unspecified atom stereocenters. The standard InChI is InChI=1S/C24H36N4O3/c1-23(2,3)19-9-11-24(12-10-19)21(30)28(22(31)26-24)16-20(29)25-14-17-7-6-8-18(13-17)15-27(4)5/h6-8,13,19H,9-12,14-16H2,1-5H3,(H,25,29)(H,26,31). The first-order valence-electron chi connectivity index (χ1n) is 11.1. The van der Waals surface area contributed by atoms with Gasteiger partial charge in [-0.2, -0.15) is 0 Å². The lowest BCUT2D eigenvalue weighted by Crippen LogP contribution is -2.51. The molecule has 2 N–H and O–H groups in total. The van der Waals surface area contributed by atoms with Gasteiger partial charge in [0, 0.05) is 13.1 Å². The van der Waals surface area contributed by atoms with Gasteiger partial charge >= 0.3 is 6.03 Å². The molecular formula is C24H36N4O3. The molecule has 7 nitrogen and oxygen atoms in total. The molecule has 0 radical (unpaired) electrons. The monoisotopic (exact) mass is 428 g/mol. The Hall–Kier alpha value is -2.41. The molecule has 7 heteroatoms. The summed E-state index contributed by atoms with van der Waals surface area (Å²) in [5.41, 5.74) is 1.51. The zero-order chi connectivity index (χ0) is 22.8. The molecule has 1 aliphatic carbocycles. The minimum atomic E-state index is -0.834. The van der Waals surface area contributed by atoms with E-state index in [0.29, 0.717) is 25.3 Å². The Morgan fingerprint density at radius 1 is 1.19 bits per heavy atom. The molecule has 1 aromatic rings. The van der Waals surface area contributed by atoms with Crippen molar-refractivity contribution < 1.29 is 14.4 Å². The Balaban J connectivity index is 1.55. The van der Waals surface area contributed by atoms with Crippen molar-refractivity contribution in [3.05, 3.63) is 35.4 Å². The number of carbonyl (C=O) groups excluding carboxylic acids is 3. The summed E-state index contributed by atoms with van der Waals surface area (Å²) < 4.78 is 0. The van der Waals surface area contributed by atoms with Crippen LogP contribution in [0.5, 0.6) is 0 Å². The molecule has 4 amide bonds. The summed E-state index contributed by atoms with van der Waals surface area (Å²) in [7, 11) is 4.02. The van der Waals surface area contributed by atoms with Crippen molar-refractivity contribution in [2.24, 2.45) is 11.3 Å². The zero-order valence-corrected chi connectivity index (χ0v) is 19.5. The molecular weight excluding hydrogens is 392 g/mol. The third kappa shape index (κ3) is 5.45. The molecule has 1 saturated carbocycles. The number of urea groups is 1. The van der Waals surface area contributed by atoms with Gasteiger partial charge in [0.2, 0.25) is 5.91 Å². The van der Waals surface area contributed by atoms with Crippen molar-refractivity contribution in [1.29, 1.82) is 0 Å². The fourth-order valence-corrected chi connectivity index (χ4v) is 4.74. The lowest BCUT2D eigenvalue weighted by Gasteiger charge is -2.40. The number of nitrogens with zero attached hydrogens (tertiary/aromatic N) is 2. The average molecular weight is 429 g/mol. The average Bonchev–Trinajstić information content (AvgIpc) is 2.90. The first kappa shape index (κ1) is 23.3. The Labute approximate surface area is 185 Å². The van der Waals surface area contributed by atoms with Gasteiger partial charge < -0.3 is 15.5 Å². The Morgan fingerprint density at radius 3 is 2.45 bits per heavy atom. The van der Waals surface area contributed by atoms with Crippen LogP contribution in [0.25, 0.3) is 0 Å². The molecule has 0 atom stereocenters. The molecule has 170 valence electrons. The van der Waals surface area contributed by atoms with E-state index in [1.807, 2.05) is 32.3 Å². The molecule has 1 aliphatic heterocycles. The van der Waals surface area contributed by atoms with Crippen LogP contribution in [0, 0.1) is 11.3 Å². The number of rotatable bonds is 6. The van der Waals surface area contributed by atoms with Crippen LogP contribution in [0.15, 0.2) is 24.3 Å². The maximum Gasteiger partial charge on any atom is 0.325 e. The minimum Gasteiger partial charge on any atom is -0.350 e. The van der Waals surface area contributed by atoms with Crippen LogP contribution < -0.4 is 10.6 Å². The van der Waals surface area contributed by atoms with Crippen molar-refractivity contribution >= 4 is 17.8 Å². The SMILES string of the molecule is CN(C)Cc1cccc(CNC(=O)CN2C(=O)NC3(CCC(C(C)(C)C)CC3)C2=O)c1. The molecule has 0 aromatic heterocycles. The largest absolute Gasteiger partial charge is 0.350 e. The highest BCUT2D eigenvalue weighted by Gasteiger charge is 2.53. The van der Waals surface area contributed by atoms with Gasteiger partial charge in [0.15, 0.2) is 0 Å². The lowest BCUT2D eigenvalue weighted by atomic mass is 9.67. The molecule has 3 rings (SSSR count). The predicted molar refractivity (Wildman–Crippen MR) is 120 cm³/mol. The fraction of sp³-hybridized carbons (Fsp3) is 0.625. The summed E-state index contributed by atoms with van der Waals surface area (Å²) in [5, 5.41) is 5.74. The summed E-state index contributed by atoms with van der Waals surface area (Å²) in [4.78, 5) is 41.2. The van der Waals surface area contributed by atoms with Gasteiger partial charge in [-0.3, -0.25) is 14.5 Å². The Morgan fingerprint density at radius 2 is 1.84 bits per heavy atom. The number of hydrogen-bond acceptors (Lipinski definition) is 4. The number of carbonyl (C=O) groups is 3. The van der Waals surface area contributed by atoms with E-state index in [-0.39, 0.29) is 23.8 Å². The van der Waals surface area contributed by atoms with Gasteiger partial charge in [0.1, 0.15) is 12.1 Å². The van der Waals surface area contributed by atoms with Crippen LogP contribution in [0.2, 0.25) is 0 Å². The minimum absolute atomic E-state index is 0.191. The van der Waals surface area contributed by atoms with E-state index in [0.717, 1.165) is 29.8 Å². The smallest absolute Gasteiger partial charge is 0.325 e. The van der Waals surface area contributed by atoms with Gasteiger partial charge in [-0.05, 0) is 62.2 Å². The Kier molecular flexibility index (Phi) is 6.74. The molecule has 1 spiro atoms. The highest BCUT2D eigenvalue weighted by atomic mass is 16.2. The first-order chi connectivity index (χ1) is 14.5. The second-order valence-electron chi connectivity index (χ2n) is 10.4. The van der Waals surface area contributed by atoms with Crippen LogP contribution in [0.4, 0.5) is 4.79 Å². The topological polar surface area (TPSA) is 81.8 Å². The fourth-order valence-electron chi connectivity index (χ4n) is 4.74. The first-order valence-corrected chi connectivity index (χ1v) is 11.1. The second kappa shape index (κ2) is 8.99. The zero-order valence-electron chi connectivity index (χ0n) is 19.5. The third-order valence-corrected chi connectivity index (χ3v) is 6.59. The lowest BCUT2D eigenvalue weighted by molar-refractivity contribution is -0.136. The summed E-state index contributed by atoms with van der Waals surface area (Å²) in [5.74, 6) is -0.0571. The Bertz CT molecular complexity index is 835. The molecule has 1 heterocycles. The molecule has 1 aromatic carbocycles. The van der Waals surface area contributed by atoms with Crippen LogP contribution >= 0.6 is 0 Å². The van der Waals surface area contributed by atoms with Gasteiger partial charge in [0.25, 0.3) is 5.91 Å². The highest BCUT2D eigenvalue weighted by molar-refractivity contribution is 6.09. The number of imide groups is 1. The quantitative estimate of drug-likeness (QED) is 0.683. The van der Waals surface area contributed by atoms with Gasteiger partial charge in [0.05, 0.1) is 0 Å². The predicted octanol–water partition coefficient (Wildman–Crippen LogP) is 2.89. The summed E-state index contributed by atoms with van der Waals surface area (Å²) >= 11 is 0. The van der Waals surface area contributed by atoms with E-state index in [9.17, 15) is 14.4 Å². The summed E-state index contributed by atoms with van der Waals surface area (Å²) in [6.07, 6.45) is 3.07. The van der Waals surface area contributed by atoms with E-state index in [2.05, 4.69) is 42.4 Å². The maximum absolute atomic E-state index is 13.1. The highest BCUT2D eigenvalue weighted by Crippen LogP contribution is 2.43. The van der Waals surface area contributed by atoms with Crippen LogP contribution in [-0.4, -0.2) is 53.8 Å². The van der Waals surface area contributed by atoms with Crippen molar-refractivity contribution in [2.45, 2.75) is 65.1 Å². The number of amides is 4. The number of hydrogen-bond donors (Lipinski definition) is 2. The molecule has 2 fully saturated rings. The van der Waals surface area contributed by atoms with Crippen molar-refractivity contribution in [1.82, 2.24) is 20.4 Å². The van der Waals surface area contributed by atoms with Crippen LogP contribution in [0.3, 0.4) is 0 Å². The normalized spacial score (nSPS) is 24.1. The molecule has 0 bridgehead atoms. The van der Waals surface area contributed by atoms with E-state index in [4.69, 9.17) is 0 Å². The molecule has 2 aliphatic rings.